The maximum absolute atomic E-state index is 12.6. The summed E-state index contributed by atoms with van der Waals surface area (Å²) in [6, 6.07) is 6.94. The molecule has 0 spiro atoms. The molecule has 6 nitrogen and oxygen atoms in total. The Bertz CT molecular complexity index is 846. The zero-order valence-corrected chi connectivity index (χ0v) is 18.5. The Hall–Kier alpha value is -1.77. The molecule has 0 unspecified atom stereocenters. The van der Waals surface area contributed by atoms with Gasteiger partial charge in [0.1, 0.15) is 11.4 Å². The third kappa shape index (κ3) is 4.75. The van der Waals surface area contributed by atoms with Gasteiger partial charge in [-0.2, -0.15) is 0 Å². The lowest BCUT2D eigenvalue weighted by molar-refractivity contribution is 0.0547. The molecule has 1 aromatic carbocycles. The van der Waals surface area contributed by atoms with Crippen molar-refractivity contribution in [2.75, 3.05) is 0 Å². The molecule has 0 amide bonds. The number of benzene rings is 1. The topological polar surface area (TPSA) is 80.9 Å². The van der Waals surface area contributed by atoms with Gasteiger partial charge >= 0.3 is 13.2 Å². The van der Waals surface area contributed by atoms with Gasteiger partial charge in [-0.1, -0.05) is 20.8 Å². The largest absolute Gasteiger partial charge is 0.543 e. The fourth-order valence-electron chi connectivity index (χ4n) is 2.43. The molecule has 0 aliphatic heterocycles. The van der Waals surface area contributed by atoms with Gasteiger partial charge in [0.15, 0.2) is 0 Å². The second-order valence-electron chi connectivity index (χ2n) is 9.34. The van der Waals surface area contributed by atoms with Crippen molar-refractivity contribution in [1.82, 2.24) is 4.57 Å². The molecule has 0 fully saturated rings. The first-order valence-corrected chi connectivity index (χ1v) is 12.0. The number of ether oxygens (including phenoxy) is 1. The van der Waals surface area contributed by atoms with Gasteiger partial charge in [-0.25, -0.2) is 4.79 Å². The zero-order chi connectivity index (χ0) is 20.8. The summed E-state index contributed by atoms with van der Waals surface area (Å²) in [5.74, 6) is 0.703. The van der Waals surface area contributed by atoms with Crippen molar-refractivity contribution in [1.29, 1.82) is 0 Å². The Balaban J connectivity index is 2.51. The number of fused-ring (bicyclic) bond motifs is 1. The standard InChI is InChI=1S/C19H30BNO5Si/c1-18(2,3)25-17(22)21-15-10-9-14(26-27(7,8)19(4,5)6)11-13(15)12-16(21)20(23)24/h9-12,23-24H,1-8H3. The first-order valence-electron chi connectivity index (χ1n) is 9.06. The van der Waals surface area contributed by atoms with E-state index in [1.807, 2.05) is 6.07 Å². The van der Waals surface area contributed by atoms with Crippen LogP contribution in [-0.4, -0.2) is 41.7 Å². The van der Waals surface area contributed by atoms with Gasteiger partial charge in [-0.05, 0) is 63.2 Å². The molecule has 0 saturated carbocycles. The summed E-state index contributed by atoms with van der Waals surface area (Å²) in [7, 11) is -3.81. The maximum atomic E-state index is 12.6. The maximum Gasteiger partial charge on any atom is 0.506 e. The number of carbonyl (C=O) groups is 1. The van der Waals surface area contributed by atoms with Crippen molar-refractivity contribution in [3.05, 3.63) is 24.3 Å². The molecule has 1 heterocycles. The van der Waals surface area contributed by atoms with Crippen LogP contribution in [0.15, 0.2) is 24.3 Å². The minimum Gasteiger partial charge on any atom is -0.543 e. The zero-order valence-electron chi connectivity index (χ0n) is 17.5. The summed E-state index contributed by atoms with van der Waals surface area (Å²) in [5.41, 5.74) is -0.102. The van der Waals surface area contributed by atoms with E-state index in [1.165, 1.54) is 4.57 Å². The van der Waals surface area contributed by atoms with Gasteiger partial charge in [0, 0.05) is 5.39 Å². The van der Waals surface area contributed by atoms with E-state index in [-0.39, 0.29) is 10.6 Å². The molecule has 0 radical (unpaired) electrons. The number of carbonyl (C=O) groups excluding carboxylic acids is 1. The molecule has 0 atom stereocenters. The highest BCUT2D eigenvalue weighted by atomic mass is 28.4. The van der Waals surface area contributed by atoms with E-state index in [4.69, 9.17) is 9.16 Å². The van der Waals surface area contributed by atoms with Crippen LogP contribution in [0.4, 0.5) is 4.79 Å². The quantitative estimate of drug-likeness (QED) is 0.783. The second-order valence-corrected chi connectivity index (χ2v) is 14.1. The highest BCUT2D eigenvalue weighted by molar-refractivity contribution is 6.74. The molecule has 8 heteroatoms. The van der Waals surface area contributed by atoms with Gasteiger partial charge < -0.3 is 19.2 Å². The van der Waals surface area contributed by atoms with Gasteiger partial charge in [0.25, 0.3) is 0 Å². The van der Waals surface area contributed by atoms with E-state index in [0.717, 1.165) is 0 Å². The normalized spacial score (nSPS) is 13.0. The Kier molecular flexibility index (Phi) is 5.58. The van der Waals surface area contributed by atoms with E-state index in [0.29, 0.717) is 16.7 Å². The van der Waals surface area contributed by atoms with Gasteiger partial charge in [-0.15, -0.1) is 0 Å². The Morgan fingerprint density at radius 3 is 2.15 bits per heavy atom. The molecule has 0 aliphatic carbocycles. The third-order valence-electron chi connectivity index (χ3n) is 4.82. The molecular formula is C19H30BNO5Si. The van der Waals surface area contributed by atoms with Crippen LogP contribution < -0.4 is 10.0 Å². The number of hydrogen-bond donors (Lipinski definition) is 2. The molecule has 0 saturated heterocycles. The molecule has 148 valence electrons. The molecule has 0 bridgehead atoms. The molecule has 1 aromatic heterocycles. The van der Waals surface area contributed by atoms with Crippen LogP contribution in [-0.2, 0) is 4.74 Å². The predicted molar refractivity (Wildman–Crippen MR) is 111 cm³/mol. The van der Waals surface area contributed by atoms with Crippen molar-refractivity contribution in [2.24, 2.45) is 0 Å². The van der Waals surface area contributed by atoms with E-state index >= 15 is 0 Å². The Morgan fingerprint density at radius 1 is 1.07 bits per heavy atom. The highest BCUT2D eigenvalue weighted by Gasteiger charge is 2.39. The summed E-state index contributed by atoms with van der Waals surface area (Å²) in [5, 5.41) is 20.2. The smallest absolute Gasteiger partial charge is 0.506 e. The first kappa shape index (κ1) is 21.5. The van der Waals surface area contributed by atoms with Gasteiger partial charge in [0.2, 0.25) is 8.32 Å². The summed E-state index contributed by atoms with van der Waals surface area (Å²) in [6.45, 7) is 16.1. The number of aromatic nitrogens is 1. The van der Waals surface area contributed by atoms with E-state index in [9.17, 15) is 14.8 Å². The molecule has 27 heavy (non-hydrogen) atoms. The number of hydrogen-bond acceptors (Lipinski definition) is 5. The van der Waals surface area contributed by atoms with Crippen LogP contribution in [0.1, 0.15) is 41.5 Å². The van der Waals surface area contributed by atoms with E-state index < -0.39 is 27.1 Å². The summed E-state index contributed by atoms with van der Waals surface area (Å²) in [4.78, 5) is 12.6. The fraction of sp³-hybridized carbons (Fsp3) is 0.526. The number of rotatable bonds is 3. The van der Waals surface area contributed by atoms with Gasteiger partial charge in [0.05, 0.1) is 11.1 Å². The summed E-state index contributed by atoms with van der Waals surface area (Å²) >= 11 is 0. The SMILES string of the molecule is CC(C)(C)OC(=O)n1c(B(O)O)cc2cc(O[Si](C)(C)C(C)(C)C)ccc21. The van der Waals surface area contributed by atoms with Crippen molar-refractivity contribution in [3.63, 3.8) is 0 Å². The molecule has 2 N–H and O–H groups in total. The van der Waals surface area contributed by atoms with Crippen LogP contribution in [0, 0.1) is 0 Å². The van der Waals surface area contributed by atoms with E-state index in [1.54, 1.807) is 39.0 Å². The molecule has 0 aliphatic rings. The summed E-state index contributed by atoms with van der Waals surface area (Å²) in [6.07, 6.45) is -0.654. The van der Waals surface area contributed by atoms with Crippen LogP contribution in [0.5, 0.6) is 5.75 Å². The third-order valence-corrected chi connectivity index (χ3v) is 9.18. The van der Waals surface area contributed by atoms with Crippen molar-refractivity contribution >= 4 is 38.0 Å². The van der Waals surface area contributed by atoms with E-state index in [2.05, 4.69) is 33.9 Å². The lowest BCUT2D eigenvalue weighted by Crippen LogP contribution is -2.43. The average Bonchev–Trinajstić information content (AvgIpc) is 2.82. The predicted octanol–water partition coefficient (Wildman–Crippen LogP) is 3.49. The second kappa shape index (κ2) is 7.00. The van der Waals surface area contributed by atoms with Gasteiger partial charge in [-0.3, -0.25) is 4.57 Å². The monoisotopic (exact) mass is 391 g/mol. The minimum atomic E-state index is -2.01. The average molecular weight is 391 g/mol. The molecule has 2 aromatic rings. The van der Waals surface area contributed by atoms with Crippen LogP contribution in [0.2, 0.25) is 18.1 Å². The minimum absolute atomic E-state index is 0.0524. The lowest BCUT2D eigenvalue weighted by Gasteiger charge is -2.36. The fourth-order valence-corrected chi connectivity index (χ4v) is 3.45. The highest BCUT2D eigenvalue weighted by Crippen LogP contribution is 2.38. The lowest BCUT2D eigenvalue weighted by atomic mass is 9.86. The van der Waals surface area contributed by atoms with Crippen LogP contribution in [0.25, 0.3) is 10.9 Å². The van der Waals surface area contributed by atoms with Crippen LogP contribution >= 0.6 is 0 Å². The summed E-state index contributed by atoms with van der Waals surface area (Å²) < 4.78 is 12.9. The number of nitrogens with zero attached hydrogens (tertiary/aromatic N) is 1. The van der Waals surface area contributed by atoms with Crippen LogP contribution in [0.3, 0.4) is 0 Å². The van der Waals surface area contributed by atoms with Crippen molar-refractivity contribution < 1.29 is 24.0 Å². The van der Waals surface area contributed by atoms with Crippen molar-refractivity contribution in [3.8, 4) is 5.75 Å². The Morgan fingerprint density at radius 2 is 1.67 bits per heavy atom. The molecular weight excluding hydrogens is 361 g/mol. The molecule has 2 rings (SSSR count). The Labute approximate surface area is 162 Å². The van der Waals surface area contributed by atoms with Crippen molar-refractivity contribution in [2.45, 2.75) is 65.3 Å². The first-order chi connectivity index (χ1) is 12.1.